The Morgan fingerprint density at radius 2 is 2.07 bits per heavy atom. The first-order valence-electron chi connectivity index (χ1n) is 10.6. The molecule has 4 rings (SSSR count). The molecule has 0 radical (unpaired) electrons. The summed E-state index contributed by atoms with van der Waals surface area (Å²) in [6.07, 6.45) is 3.61. The molecule has 1 unspecified atom stereocenters. The zero-order valence-electron chi connectivity index (χ0n) is 17.7. The minimum atomic E-state index is 0.0272. The van der Waals surface area contributed by atoms with Crippen molar-refractivity contribution in [2.45, 2.75) is 26.1 Å². The number of benzene rings is 1. The molecule has 3 heterocycles. The van der Waals surface area contributed by atoms with Crippen molar-refractivity contribution in [3.8, 4) is 0 Å². The highest BCUT2D eigenvalue weighted by atomic mass is 35.5. The second-order valence-electron chi connectivity index (χ2n) is 8.03. The Labute approximate surface area is 183 Å². The van der Waals surface area contributed by atoms with Gasteiger partial charge in [-0.3, -0.25) is 19.9 Å². The fraction of sp³-hybridized carbons (Fsp3) is 0.500. The third kappa shape index (κ3) is 5.28. The molecule has 2 aliphatic rings. The fourth-order valence-electron chi connectivity index (χ4n) is 3.86. The number of fused-ring (bicyclic) bond motifs is 1. The molecule has 1 atom stereocenters. The van der Waals surface area contributed by atoms with E-state index >= 15 is 0 Å². The van der Waals surface area contributed by atoms with Gasteiger partial charge in [0.05, 0.1) is 5.52 Å². The predicted molar refractivity (Wildman–Crippen MR) is 126 cm³/mol. The van der Waals surface area contributed by atoms with Crippen molar-refractivity contribution >= 4 is 39.7 Å². The second-order valence-corrected chi connectivity index (χ2v) is 8.46. The van der Waals surface area contributed by atoms with Crippen molar-refractivity contribution in [2.75, 3.05) is 51.6 Å². The van der Waals surface area contributed by atoms with Crippen LogP contribution in [-0.2, 0) is 0 Å². The summed E-state index contributed by atoms with van der Waals surface area (Å²) in [5.74, 6) is 1.05. The number of likely N-dealkylation sites (N-methyl/N-ethyl adjacent to an activating group) is 1. The van der Waals surface area contributed by atoms with Crippen molar-refractivity contribution in [2.24, 2.45) is 9.98 Å². The normalized spacial score (nSPS) is 22.2. The molecule has 7 nitrogen and oxygen atoms in total. The van der Waals surface area contributed by atoms with E-state index in [0.717, 1.165) is 80.2 Å². The van der Waals surface area contributed by atoms with Crippen LogP contribution in [-0.4, -0.2) is 78.9 Å². The summed E-state index contributed by atoms with van der Waals surface area (Å²) in [4.78, 5) is 18.8. The van der Waals surface area contributed by atoms with E-state index in [4.69, 9.17) is 21.6 Å². The molecule has 160 valence electrons. The summed E-state index contributed by atoms with van der Waals surface area (Å²) in [5, 5.41) is 8.84. The van der Waals surface area contributed by atoms with Gasteiger partial charge in [0, 0.05) is 73.7 Å². The number of piperazine rings is 1. The molecule has 1 fully saturated rings. The highest BCUT2D eigenvalue weighted by Crippen LogP contribution is 2.24. The van der Waals surface area contributed by atoms with Gasteiger partial charge in [-0.2, -0.15) is 0 Å². The summed E-state index contributed by atoms with van der Waals surface area (Å²) < 4.78 is 0. The molecular formula is C22H30ClN7. The Hall–Kier alpha value is -2.22. The van der Waals surface area contributed by atoms with Gasteiger partial charge in [0.25, 0.3) is 0 Å². The van der Waals surface area contributed by atoms with Gasteiger partial charge >= 0.3 is 0 Å². The summed E-state index contributed by atoms with van der Waals surface area (Å²) in [5.41, 5.74) is 3.14. The van der Waals surface area contributed by atoms with Gasteiger partial charge in [0.1, 0.15) is 5.84 Å². The minimum Gasteiger partial charge on any atom is -0.384 e. The number of anilines is 1. The van der Waals surface area contributed by atoms with Gasteiger partial charge in [0.2, 0.25) is 0 Å². The molecule has 1 saturated heterocycles. The molecule has 0 spiro atoms. The van der Waals surface area contributed by atoms with Crippen LogP contribution in [0.3, 0.4) is 0 Å². The van der Waals surface area contributed by atoms with Crippen molar-refractivity contribution < 1.29 is 0 Å². The lowest BCUT2D eigenvalue weighted by Crippen LogP contribution is -2.56. The maximum Gasteiger partial charge on any atom is 0.177 e. The Kier molecular flexibility index (Phi) is 6.82. The van der Waals surface area contributed by atoms with E-state index in [-0.39, 0.29) is 6.29 Å². The SMILES string of the molecule is CC1=NC(N2CCN(C)CC2)NC(=NCCCNc2ccnc3cc(Cl)ccc23)C1. The molecule has 0 saturated carbocycles. The molecule has 30 heavy (non-hydrogen) atoms. The summed E-state index contributed by atoms with van der Waals surface area (Å²) >= 11 is 6.07. The fourth-order valence-corrected chi connectivity index (χ4v) is 4.03. The Morgan fingerprint density at radius 3 is 2.90 bits per heavy atom. The van der Waals surface area contributed by atoms with E-state index in [1.165, 1.54) is 0 Å². The highest BCUT2D eigenvalue weighted by Gasteiger charge is 2.25. The lowest BCUT2D eigenvalue weighted by Gasteiger charge is -2.38. The summed E-state index contributed by atoms with van der Waals surface area (Å²) in [7, 11) is 2.17. The first-order valence-corrected chi connectivity index (χ1v) is 11.0. The average Bonchev–Trinajstić information content (AvgIpc) is 2.73. The zero-order valence-corrected chi connectivity index (χ0v) is 18.5. The van der Waals surface area contributed by atoms with Gasteiger partial charge in [-0.05, 0) is 44.7 Å². The molecule has 0 aliphatic carbocycles. The first-order chi connectivity index (χ1) is 14.6. The van der Waals surface area contributed by atoms with Crippen LogP contribution in [0.1, 0.15) is 19.8 Å². The Balaban J connectivity index is 1.28. The zero-order chi connectivity index (χ0) is 20.9. The Morgan fingerprint density at radius 1 is 1.23 bits per heavy atom. The van der Waals surface area contributed by atoms with E-state index in [2.05, 4.69) is 39.4 Å². The lowest BCUT2D eigenvalue weighted by molar-refractivity contribution is 0.107. The summed E-state index contributed by atoms with van der Waals surface area (Å²) in [6.45, 7) is 7.98. The number of halogens is 1. The minimum absolute atomic E-state index is 0.0272. The van der Waals surface area contributed by atoms with E-state index in [1.54, 1.807) is 0 Å². The van der Waals surface area contributed by atoms with E-state index < -0.39 is 0 Å². The molecule has 0 amide bonds. The largest absolute Gasteiger partial charge is 0.384 e. The molecule has 2 N–H and O–H groups in total. The maximum atomic E-state index is 6.07. The van der Waals surface area contributed by atoms with Crippen LogP contribution in [0.15, 0.2) is 40.4 Å². The number of aliphatic imine (C=N–C) groups is 2. The van der Waals surface area contributed by atoms with Gasteiger partial charge < -0.3 is 15.5 Å². The van der Waals surface area contributed by atoms with Crippen molar-refractivity contribution in [1.29, 1.82) is 0 Å². The monoisotopic (exact) mass is 427 g/mol. The average molecular weight is 428 g/mol. The molecule has 2 aliphatic heterocycles. The molecule has 1 aromatic heterocycles. The van der Waals surface area contributed by atoms with Gasteiger partial charge in [-0.15, -0.1) is 0 Å². The summed E-state index contributed by atoms with van der Waals surface area (Å²) in [6, 6.07) is 7.81. The van der Waals surface area contributed by atoms with Gasteiger partial charge in [-0.25, -0.2) is 0 Å². The predicted octanol–water partition coefficient (Wildman–Crippen LogP) is 3.07. The van der Waals surface area contributed by atoms with Crippen LogP contribution in [0, 0.1) is 0 Å². The van der Waals surface area contributed by atoms with Crippen LogP contribution in [0.4, 0.5) is 5.69 Å². The van der Waals surface area contributed by atoms with E-state index in [0.29, 0.717) is 5.02 Å². The van der Waals surface area contributed by atoms with Crippen LogP contribution >= 0.6 is 11.6 Å². The third-order valence-electron chi connectivity index (χ3n) is 5.60. The maximum absolute atomic E-state index is 6.07. The second kappa shape index (κ2) is 9.73. The van der Waals surface area contributed by atoms with Crippen LogP contribution in [0.5, 0.6) is 0 Å². The lowest BCUT2D eigenvalue weighted by atomic mass is 10.2. The quantitative estimate of drug-likeness (QED) is 0.693. The number of aromatic nitrogens is 1. The first kappa shape index (κ1) is 21.0. The van der Waals surface area contributed by atoms with Crippen LogP contribution in [0.25, 0.3) is 10.9 Å². The molecule has 0 bridgehead atoms. The number of hydrogen-bond donors (Lipinski definition) is 2. The number of nitrogens with zero attached hydrogens (tertiary/aromatic N) is 5. The van der Waals surface area contributed by atoms with Crippen molar-refractivity contribution in [3.63, 3.8) is 0 Å². The van der Waals surface area contributed by atoms with E-state index in [1.807, 2.05) is 30.5 Å². The number of pyridine rings is 1. The molecule has 8 heteroatoms. The van der Waals surface area contributed by atoms with Crippen LogP contribution in [0.2, 0.25) is 5.02 Å². The van der Waals surface area contributed by atoms with E-state index in [9.17, 15) is 0 Å². The molecular weight excluding hydrogens is 398 g/mol. The number of amidine groups is 1. The number of hydrogen-bond acceptors (Lipinski definition) is 6. The van der Waals surface area contributed by atoms with Crippen LogP contribution < -0.4 is 10.6 Å². The smallest absolute Gasteiger partial charge is 0.177 e. The molecule has 1 aromatic carbocycles. The van der Waals surface area contributed by atoms with Crippen molar-refractivity contribution in [1.82, 2.24) is 20.1 Å². The highest BCUT2D eigenvalue weighted by molar-refractivity contribution is 6.31. The van der Waals surface area contributed by atoms with Gasteiger partial charge in [-0.1, -0.05) is 11.6 Å². The topological polar surface area (TPSA) is 68.2 Å². The number of rotatable bonds is 6. The Bertz CT molecular complexity index is 934. The third-order valence-corrected chi connectivity index (χ3v) is 5.84. The molecule has 2 aromatic rings. The number of nitrogens with one attached hydrogen (secondary N) is 2. The van der Waals surface area contributed by atoms with Crippen molar-refractivity contribution in [3.05, 3.63) is 35.5 Å². The standard InChI is InChI=1S/C22H30ClN7/c1-16-14-21(28-22(27-16)30-12-10-29(2)11-13-30)26-8-3-7-24-19-6-9-25-20-15-17(23)4-5-18(19)20/h4-6,9,15,22H,3,7-8,10-14H2,1-2H3,(H,24,25)(H,26,28). The van der Waals surface area contributed by atoms with Gasteiger partial charge in [0.15, 0.2) is 6.29 Å².